The van der Waals surface area contributed by atoms with Crippen LogP contribution >= 0.6 is 0 Å². The molecule has 0 atom stereocenters. The molecule has 0 bridgehead atoms. The van der Waals surface area contributed by atoms with Crippen molar-refractivity contribution >= 4 is 12.0 Å². The van der Waals surface area contributed by atoms with Crippen LogP contribution in [0, 0.1) is 5.92 Å². The van der Waals surface area contributed by atoms with Crippen LogP contribution < -0.4 is 9.64 Å². The maximum atomic E-state index is 11.2. The number of methoxy groups -OCH3 is 1. The van der Waals surface area contributed by atoms with E-state index in [1.165, 1.54) is 25.7 Å². The number of ether oxygens (including phenoxy) is 1. The Morgan fingerprint density at radius 1 is 1.37 bits per heavy atom. The Balaban J connectivity index is 2.21. The molecular formula is C16H23NO2. The lowest BCUT2D eigenvalue weighted by molar-refractivity contribution is 0.112. The average Bonchev–Trinajstić information content (AvgIpc) is 2.97. The third-order valence-corrected chi connectivity index (χ3v) is 4.04. The molecule has 0 amide bonds. The van der Waals surface area contributed by atoms with Crippen LogP contribution in [-0.4, -0.2) is 26.5 Å². The Morgan fingerprint density at radius 2 is 2.11 bits per heavy atom. The third-order valence-electron chi connectivity index (χ3n) is 4.04. The normalized spacial score (nSPS) is 15.5. The summed E-state index contributed by atoms with van der Waals surface area (Å²) in [6.07, 6.45) is 6.27. The highest BCUT2D eigenvalue weighted by Crippen LogP contribution is 2.30. The summed E-state index contributed by atoms with van der Waals surface area (Å²) in [4.78, 5) is 13.5. The number of hydrogen-bond acceptors (Lipinski definition) is 3. The lowest BCUT2D eigenvalue weighted by Gasteiger charge is -2.27. The standard InChI is InChI=1S/C16H23NO2/c1-3-17(11-13-6-4-5-7-13)16-10-15(19-2)9-8-14(16)12-18/h8-10,12-13H,3-7,11H2,1-2H3. The van der Waals surface area contributed by atoms with Crippen molar-refractivity contribution in [2.45, 2.75) is 32.6 Å². The molecule has 0 N–H and O–H groups in total. The largest absolute Gasteiger partial charge is 0.497 e. The Morgan fingerprint density at radius 3 is 2.68 bits per heavy atom. The van der Waals surface area contributed by atoms with Gasteiger partial charge < -0.3 is 9.64 Å². The van der Waals surface area contributed by atoms with Gasteiger partial charge in [0.05, 0.1) is 12.8 Å². The smallest absolute Gasteiger partial charge is 0.152 e. The highest BCUT2D eigenvalue weighted by Gasteiger charge is 2.19. The van der Waals surface area contributed by atoms with Crippen molar-refractivity contribution in [2.24, 2.45) is 5.92 Å². The summed E-state index contributed by atoms with van der Waals surface area (Å²) in [7, 11) is 1.66. The van der Waals surface area contributed by atoms with Crippen LogP contribution in [-0.2, 0) is 0 Å². The average molecular weight is 261 g/mol. The second-order valence-electron chi connectivity index (χ2n) is 5.23. The van der Waals surface area contributed by atoms with Crippen LogP contribution in [0.15, 0.2) is 18.2 Å². The molecule has 1 fully saturated rings. The Kier molecular flexibility index (Phi) is 4.83. The third kappa shape index (κ3) is 3.28. The molecule has 1 aromatic rings. The van der Waals surface area contributed by atoms with Gasteiger partial charge in [-0.25, -0.2) is 0 Å². The molecule has 1 aliphatic rings. The monoisotopic (exact) mass is 261 g/mol. The van der Waals surface area contributed by atoms with Crippen molar-refractivity contribution in [1.29, 1.82) is 0 Å². The van der Waals surface area contributed by atoms with Gasteiger partial charge in [0, 0.05) is 24.7 Å². The van der Waals surface area contributed by atoms with E-state index in [2.05, 4.69) is 11.8 Å². The first-order valence-corrected chi connectivity index (χ1v) is 7.16. The molecule has 0 heterocycles. The van der Waals surface area contributed by atoms with Gasteiger partial charge in [-0.05, 0) is 37.8 Å². The molecule has 1 saturated carbocycles. The maximum absolute atomic E-state index is 11.2. The molecule has 19 heavy (non-hydrogen) atoms. The first kappa shape index (κ1) is 13.9. The molecule has 0 unspecified atom stereocenters. The van der Waals surface area contributed by atoms with Gasteiger partial charge in [0.2, 0.25) is 0 Å². The second kappa shape index (κ2) is 6.60. The Hall–Kier alpha value is -1.51. The zero-order valence-corrected chi connectivity index (χ0v) is 11.9. The number of nitrogens with zero attached hydrogens (tertiary/aromatic N) is 1. The first-order chi connectivity index (χ1) is 9.28. The van der Waals surface area contributed by atoms with Crippen molar-refractivity contribution in [3.8, 4) is 5.75 Å². The molecule has 0 aromatic heterocycles. The van der Waals surface area contributed by atoms with Crippen LogP contribution in [0.2, 0.25) is 0 Å². The molecule has 3 nitrogen and oxygen atoms in total. The molecular weight excluding hydrogens is 238 g/mol. The van der Waals surface area contributed by atoms with Gasteiger partial charge >= 0.3 is 0 Å². The quantitative estimate of drug-likeness (QED) is 0.734. The summed E-state index contributed by atoms with van der Waals surface area (Å²) in [5.41, 5.74) is 1.75. The summed E-state index contributed by atoms with van der Waals surface area (Å²) in [5, 5.41) is 0. The van der Waals surface area contributed by atoms with Crippen LogP contribution in [0.3, 0.4) is 0 Å². The molecule has 104 valence electrons. The highest BCUT2D eigenvalue weighted by molar-refractivity contribution is 5.85. The topological polar surface area (TPSA) is 29.5 Å². The minimum atomic E-state index is 0.751. The lowest BCUT2D eigenvalue weighted by Crippen LogP contribution is -2.29. The zero-order chi connectivity index (χ0) is 13.7. The fraction of sp³-hybridized carbons (Fsp3) is 0.562. The highest BCUT2D eigenvalue weighted by atomic mass is 16.5. The summed E-state index contributed by atoms with van der Waals surface area (Å²) in [5.74, 6) is 1.58. The van der Waals surface area contributed by atoms with Gasteiger partial charge in [0.15, 0.2) is 6.29 Å². The number of aldehydes is 1. The second-order valence-corrected chi connectivity index (χ2v) is 5.23. The minimum Gasteiger partial charge on any atom is -0.497 e. The SMILES string of the molecule is CCN(CC1CCCC1)c1cc(OC)ccc1C=O. The number of carbonyl (C=O) groups excluding carboxylic acids is 1. The molecule has 0 aliphatic heterocycles. The minimum absolute atomic E-state index is 0.751. The van der Waals surface area contributed by atoms with Crippen LogP contribution in [0.4, 0.5) is 5.69 Å². The van der Waals surface area contributed by atoms with E-state index in [0.717, 1.165) is 42.3 Å². The Labute approximate surface area is 115 Å². The molecule has 0 spiro atoms. The van der Waals surface area contributed by atoms with Crippen molar-refractivity contribution in [3.63, 3.8) is 0 Å². The number of anilines is 1. The van der Waals surface area contributed by atoms with Gasteiger partial charge in [-0.2, -0.15) is 0 Å². The number of carbonyl (C=O) groups is 1. The van der Waals surface area contributed by atoms with Gasteiger partial charge in [-0.1, -0.05) is 12.8 Å². The summed E-state index contributed by atoms with van der Waals surface area (Å²) >= 11 is 0. The van der Waals surface area contributed by atoms with Gasteiger partial charge in [0.25, 0.3) is 0 Å². The lowest BCUT2D eigenvalue weighted by atomic mass is 10.1. The molecule has 2 rings (SSSR count). The maximum Gasteiger partial charge on any atom is 0.152 e. The predicted molar refractivity (Wildman–Crippen MR) is 78.2 cm³/mol. The zero-order valence-electron chi connectivity index (χ0n) is 11.9. The Bertz CT molecular complexity index is 425. The van der Waals surface area contributed by atoms with Crippen molar-refractivity contribution in [1.82, 2.24) is 0 Å². The van der Waals surface area contributed by atoms with E-state index < -0.39 is 0 Å². The molecule has 0 saturated heterocycles. The van der Waals surface area contributed by atoms with Crippen molar-refractivity contribution < 1.29 is 9.53 Å². The molecule has 1 aromatic carbocycles. The van der Waals surface area contributed by atoms with E-state index in [9.17, 15) is 4.79 Å². The van der Waals surface area contributed by atoms with Crippen molar-refractivity contribution in [2.75, 3.05) is 25.1 Å². The van der Waals surface area contributed by atoms with Gasteiger partial charge in [-0.15, -0.1) is 0 Å². The van der Waals surface area contributed by atoms with E-state index in [4.69, 9.17) is 4.74 Å². The number of rotatable bonds is 6. The van der Waals surface area contributed by atoms with Gasteiger partial charge in [0.1, 0.15) is 5.75 Å². The van der Waals surface area contributed by atoms with Crippen LogP contribution in [0.5, 0.6) is 5.75 Å². The molecule has 1 aliphatic carbocycles. The van der Waals surface area contributed by atoms with E-state index >= 15 is 0 Å². The fourth-order valence-electron chi connectivity index (χ4n) is 2.93. The van der Waals surface area contributed by atoms with Crippen molar-refractivity contribution in [3.05, 3.63) is 23.8 Å². The molecule has 3 heteroatoms. The van der Waals surface area contributed by atoms with E-state index in [1.807, 2.05) is 18.2 Å². The molecule has 0 radical (unpaired) electrons. The predicted octanol–water partition coefficient (Wildman–Crippen LogP) is 3.52. The number of hydrogen-bond donors (Lipinski definition) is 0. The fourth-order valence-corrected chi connectivity index (χ4v) is 2.93. The van der Waals surface area contributed by atoms with E-state index in [-0.39, 0.29) is 0 Å². The first-order valence-electron chi connectivity index (χ1n) is 7.16. The van der Waals surface area contributed by atoms with Gasteiger partial charge in [-0.3, -0.25) is 4.79 Å². The summed E-state index contributed by atoms with van der Waals surface area (Å²) in [6, 6.07) is 5.66. The summed E-state index contributed by atoms with van der Waals surface area (Å²) < 4.78 is 5.28. The van der Waals surface area contributed by atoms with E-state index in [1.54, 1.807) is 7.11 Å². The van der Waals surface area contributed by atoms with Crippen LogP contribution in [0.25, 0.3) is 0 Å². The number of benzene rings is 1. The van der Waals surface area contributed by atoms with E-state index in [0.29, 0.717) is 0 Å². The van der Waals surface area contributed by atoms with Crippen LogP contribution in [0.1, 0.15) is 43.0 Å². The summed E-state index contributed by atoms with van der Waals surface area (Å²) in [6.45, 7) is 4.11.